The van der Waals surface area contributed by atoms with Crippen LogP contribution in [0, 0.1) is 35.5 Å². The van der Waals surface area contributed by atoms with Crippen molar-refractivity contribution in [3.63, 3.8) is 0 Å². The summed E-state index contributed by atoms with van der Waals surface area (Å²) >= 11 is 0. The normalized spacial score (nSPS) is 31.1. The molecular weight excluding hydrogens is 432 g/mol. The van der Waals surface area contributed by atoms with Crippen molar-refractivity contribution >= 4 is 23.4 Å². The first-order valence-corrected chi connectivity index (χ1v) is 11.7. The number of imide groups is 1. The Morgan fingerprint density at radius 1 is 0.941 bits per heavy atom. The van der Waals surface area contributed by atoms with Crippen molar-refractivity contribution in [3.8, 4) is 17.2 Å². The van der Waals surface area contributed by atoms with Crippen molar-refractivity contribution in [2.75, 3.05) is 12.4 Å². The van der Waals surface area contributed by atoms with Crippen molar-refractivity contribution in [1.82, 2.24) is 4.90 Å². The van der Waals surface area contributed by atoms with Crippen LogP contribution < -0.4 is 14.8 Å². The molecule has 4 aliphatic carbocycles. The maximum Gasteiger partial charge on any atom is 0.247 e. The number of anilines is 1. The molecule has 2 saturated carbocycles. The van der Waals surface area contributed by atoms with Crippen LogP contribution in [0.4, 0.5) is 5.69 Å². The summed E-state index contributed by atoms with van der Waals surface area (Å²) < 4.78 is 11.2. The standard InChI is InChI=1S/C27H26N2O5/c1-14(29-26(31)23-17-11-12-18(20-13-19(17)20)24(23)27(29)32)25(30)28-15-7-9-16(10-8-15)34-22-6-4-3-5-21(22)33-2/h3-12,14,17-20,23-24H,13H2,1-2H3,(H,28,30)/t14-,17-,18-,19-,20+,23+,24-/m1/s1. The minimum Gasteiger partial charge on any atom is -0.493 e. The molecule has 7 rings (SSSR count). The lowest BCUT2D eigenvalue weighted by Crippen LogP contribution is -2.46. The fraction of sp³-hybridized carbons (Fsp3) is 0.370. The summed E-state index contributed by atoms with van der Waals surface area (Å²) in [6.07, 6.45) is 5.38. The molecule has 34 heavy (non-hydrogen) atoms. The molecule has 2 bridgehead atoms. The molecule has 174 valence electrons. The number of nitrogens with one attached hydrogen (secondary N) is 1. The van der Waals surface area contributed by atoms with Crippen LogP contribution in [0.1, 0.15) is 13.3 Å². The van der Waals surface area contributed by atoms with E-state index in [1.807, 2.05) is 24.3 Å². The molecule has 1 heterocycles. The highest BCUT2D eigenvalue weighted by atomic mass is 16.5. The average molecular weight is 459 g/mol. The van der Waals surface area contributed by atoms with Gasteiger partial charge in [-0.1, -0.05) is 24.3 Å². The number of nitrogens with zero attached hydrogens (tertiary/aromatic N) is 1. The van der Waals surface area contributed by atoms with Crippen LogP contribution in [0.2, 0.25) is 0 Å². The third-order valence-corrected chi connectivity index (χ3v) is 7.88. The smallest absolute Gasteiger partial charge is 0.247 e. The van der Waals surface area contributed by atoms with Gasteiger partial charge in [0.2, 0.25) is 17.7 Å². The Balaban J connectivity index is 1.13. The highest BCUT2D eigenvalue weighted by molar-refractivity contribution is 6.10. The number of ether oxygens (including phenoxy) is 2. The summed E-state index contributed by atoms with van der Waals surface area (Å²) in [7, 11) is 1.58. The van der Waals surface area contributed by atoms with Crippen LogP contribution in [-0.4, -0.2) is 35.8 Å². The maximum atomic E-state index is 13.2. The average Bonchev–Trinajstić information content (AvgIpc) is 3.63. The monoisotopic (exact) mass is 458 g/mol. The van der Waals surface area contributed by atoms with Crippen molar-refractivity contribution in [1.29, 1.82) is 0 Å². The lowest BCUT2D eigenvalue weighted by Gasteiger charge is -2.37. The van der Waals surface area contributed by atoms with Crippen molar-refractivity contribution in [2.24, 2.45) is 35.5 Å². The molecule has 0 aromatic heterocycles. The predicted octanol–water partition coefficient (Wildman–Crippen LogP) is 3.87. The molecule has 0 unspecified atom stereocenters. The number of hydrogen-bond donors (Lipinski definition) is 1. The highest BCUT2D eigenvalue weighted by Crippen LogP contribution is 2.65. The number of hydrogen-bond acceptors (Lipinski definition) is 5. The van der Waals surface area contributed by atoms with E-state index in [2.05, 4.69) is 17.5 Å². The second-order valence-electron chi connectivity index (χ2n) is 9.64. The van der Waals surface area contributed by atoms with Crippen LogP contribution >= 0.6 is 0 Å². The second-order valence-corrected chi connectivity index (χ2v) is 9.64. The SMILES string of the molecule is COc1ccccc1Oc1ccc(NC(=O)[C@@H](C)N2C(=O)[C@@H]3[C@@H]4C=C[C@H]([C@H]5C[C@@H]45)[C@@H]3C2=O)cc1. The molecule has 3 amide bonds. The first-order valence-electron chi connectivity index (χ1n) is 11.7. The lowest BCUT2D eigenvalue weighted by molar-refractivity contribution is -0.146. The number of para-hydroxylation sites is 2. The molecule has 0 radical (unpaired) electrons. The van der Waals surface area contributed by atoms with Gasteiger partial charge in [0, 0.05) is 5.69 Å². The topological polar surface area (TPSA) is 84.9 Å². The molecule has 3 fully saturated rings. The van der Waals surface area contributed by atoms with Crippen molar-refractivity contribution in [3.05, 3.63) is 60.7 Å². The molecule has 1 N–H and O–H groups in total. The lowest BCUT2D eigenvalue weighted by atomic mass is 9.63. The van der Waals surface area contributed by atoms with Crippen LogP contribution in [0.3, 0.4) is 0 Å². The number of amides is 3. The van der Waals surface area contributed by atoms with E-state index in [9.17, 15) is 14.4 Å². The Bertz CT molecular complexity index is 1170. The van der Waals surface area contributed by atoms with Gasteiger partial charge in [-0.3, -0.25) is 19.3 Å². The van der Waals surface area contributed by atoms with Gasteiger partial charge in [0.15, 0.2) is 11.5 Å². The number of rotatable bonds is 6. The molecule has 1 saturated heterocycles. The minimum absolute atomic E-state index is 0.146. The third-order valence-electron chi connectivity index (χ3n) is 7.88. The zero-order valence-corrected chi connectivity index (χ0v) is 19.0. The van der Waals surface area contributed by atoms with E-state index in [1.165, 1.54) is 4.90 Å². The van der Waals surface area contributed by atoms with Crippen LogP contribution in [0.25, 0.3) is 0 Å². The Morgan fingerprint density at radius 3 is 2.12 bits per heavy atom. The summed E-state index contributed by atoms with van der Waals surface area (Å²) in [5, 5.41) is 2.83. The number of allylic oxidation sites excluding steroid dienone is 2. The van der Waals surface area contributed by atoms with E-state index in [0.29, 0.717) is 34.8 Å². The summed E-state index contributed by atoms with van der Waals surface area (Å²) in [6, 6.07) is 13.4. The Morgan fingerprint density at radius 2 is 1.53 bits per heavy atom. The number of benzene rings is 2. The molecule has 1 aliphatic heterocycles. The van der Waals surface area contributed by atoms with Crippen LogP contribution in [-0.2, 0) is 14.4 Å². The van der Waals surface area contributed by atoms with E-state index in [4.69, 9.17) is 9.47 Å². The largest absolute Gasteiger partial charge is 0.493 e. The number of carbonyl (C=O) groups excluding carboxylic acids is 3. The molecular formula is C27H26N2O5. The van der Waals surface area contributed by atoms with Gasteiger partial charge in [0.25, 0.3) is 0 Å². The number of likely N-dealkylation sites (tertiary alicyclic amines) is 1. The molecule has 0 spiro atoms. The van der Waals surface area contributed by atoms with Gasteiger partial charge < -0.3 is 14.8 Å². The van der Waals surface area contributed by atoms with Gasteiger partial charge in [-0.25, -0.2) is 0 Å². The number of methoxy groups -OCH3 is 1. The van der Waals surface area contributed by atoms with Gasteiger partial charge >= 0.3 is 0 Å². The maximum absolute atomic E-state index is 13.2. The van der Waals surface area contributed by atoms with Crippen LogP contribution in [0.15, 0.2) is 60.7 Å². The third kappa shape index (κ3) is 3.14. The molecule has 2 aromatic rings. The molecule has 7 heteroatoms. The molecule has 5 aliphatic rings. The minimum atomic E-state index is -0.870. The molecule has 2 aromatic carbocycles. The van der Waals surface area contributed by atoms with E-state index in [-0.39, 0.29) is 41.4 Å². The first-order chi connectivity index (χ1) is 16.5. The Kier molecular flexibility index (Phi) is 4.76. The summed E-state index contributed by atoms with van der Waals surface area (Å²) in [4.78, 5) is 40.7. The van der Waals surface area contributed by atoms with Gasteiger partial charge in [0.05, 0.1) is 18.9 Å². The highest BCUT2D eigenvalue weighted by Gasteiger charge is 2.67. The Labute approximate surface area is 197 Å². The van der Waals surface area contributed by atoms with Gasteiger partial charge in [0.1, 0.15) is 11.8 Å². The Hall–Kier alpha value is -3.61. The van der Waals surface area contributed by atoms with E-state index < -0.39 is 6.04 Å². The van der Waals surface area contributed by atoms with Crippen LogP contribution in [0.5, 0.6) is 17.2 Å². The number of carbonyl (C=O) groups is 3. The molecule has 7 nitrogen and oxygen atoms in total. The summed E-state index contributed by atoms with van der Waals surface area (Å²) in [5.41, 5.74) is 0.559. The predicted molar refractivity (Wildman–Crippen MR) is 124 cm³/mol. The van der Waals surface area contributed by atoms with Crippen molar-refractivity contribution in [2.45, 2.75) is 19.4 Å². The summed E-state index contributed by atoms with van der Waals surface area (Å²) in [6.45, 7) is 1.62. The van der Waals surface area contributed by atoms with Gasteiger partial charge in [-0.15, -0.1) is 0 Å². The second kappa shape index (κ2) is 7.72. The van der Waals surface area contributed by atoms with E-state index in [0.717, 1.165) is 6.42 Å². The van der Waals surface area contributed by atoms with E-state index >= 15 is 0 Å². The molecule has 7 atom stereocenters. The quantitative estimate of drug-likeness (QED) is 0.525. The van der Waals surface area contributed by atoms with E-state index in [1.54, 1.807) is 38.3 Å². The zero-order chi connectivity index (χ0) is 23.6. The fourth-order valence-electron chi connectivity index (χ4n) is 6.16. The van der Waals surface area contributed by atoms with Gasteiger partial charge in [-0.05, 0) is 73.4 Å². The van der Waals surface area contributed by atoms with Crippen molar-refractivity contribution < 1.29 is 23.9 Å². The summed E-state index contributed by atoms with van der Waals surface area (Å²) in [5.74, 6) is 1.79. The zero-order valence-electron chi connectivity index (χ0n) is 19.0. The van der Waals surface area contributed by atoms with Gasteiger partial charge in [-0.2, -0.15) is 0 Å². The fourth-order valence-corrected chi connectivity index (χ4v) is 6.16. The first kappa shape index (κ1) is 21.0.